The Morgan fingerprint density at radius 1 is 1.16 bits per heavy atom. The number of halogens is 1. The van der Waals surface area contributed by atoms with Crippen LogP contribution in [-0.2, 0) is 0 Å². The Bertz CT molecular complexity index is 562. The molecule has 0 aliphatic carbocycles. The van der Waals surface area contributed by atoms with Crippen molar-refractivity contribution in [2.75, 3.05) is 7.11 Å². The standard InChI is InChI=1S/C14H15FO2.C2H6/c1-8(2)11-7-10(16)6-9-4-5-12(15)14(17-3)13(9)11;1-2/h4-8,16H,1-3H3;1-2H3. The van der Waals surface area contributed by atoms with Crippen LogP contribution in [-0.4, -0.2) is 12.2 Å². The van der Waals surface area contributed by atoms with Crippen LogP contribution in [0.15, 0.2) is 24.3 Å². The van der Waals surface area contributed by atoms with Gasteiger partial charge in [-0.15, -0.1) is 0 Å². The highest BCUT2D eigenvalue weighted by Crippen LogP contribution is 2.37. The van der Waals surface area contributed by atoms with Gasteiger partial charge in [-0.25, -0.2) is 4.39 Å². The Morgan fingerprint density at radius 3 is 2.32 bits per heavy atom. The molecule has 0 spiro atoms. The topological polar surface area (TPSA) is 29.5 Å². The molecule has 1 N–H and O–H groups in total. The molecular formula is C16H21FO2. The number of hydrogen-bond donors (Lipinski definition) is 1. The van der Waals surface area contributed by atoms with Crippen LogP contribution in [0.25, 0.3) is 10.8 Å². The third-order valence-electron chi connectivity index (χ3n) is 2.86. The van der Waals surface area contributed by atoms with Gasteiger partial charge in [0.15, 0.2) is 11.6 Å². The van der Waals surface area contributed by atoms with Gasteiger partial charge < -0.3 is 9.84 Å². The summed E-state index contributed by atoms with van der Waals surface area (Å²) >= 11 is 0. The number of aromatic hydroxyl groups is 1. The molecule has 3 heteroatoms. The van der Waals surface area contributed by atoms with Crippen molar-refractivity contribution < 1.29 is 14.2 Å². The van der Waals surface area contributed by atoms with Gasteiger partial charge in [-0.1, -0.05) is 33.8 Å². The fourth-order valence-corrected chi connectivity index (χ4v) is 2.08. The summed E-state index contributed by atoms with van der Waals surface area (Å²) in [5.41, 5.74) is 0.886. The van der Waals surface area contributed by atoms with Crippen molar-refractivity contribution in [3.8, 4) is 11.5 Å². The average Bonchev–Trinajstić information content (AvgIpc) is 2.40. The molecule has 0 radical (unpaired) electrons. The van der Waals surface area contributed by atoms with Crippen LogP contribution in [0.3, 0.4) is 0 Å². The van der Waals surface area contributed by atoms with E-state index in [1.165, 1.54) is 13.2 Å². The molecule has 104 valence electrons. The summed E-state index contributed by atoms with van der Waals surface area (Å²) in [4.78, 5) is 0. The molecule has 19 heavy (non-hydrogen) atoms. The Morgan fingerprint density at radius 2 is 1.79 bits per heavy atom. The van der Waals surface area contributed by atoms with E-state index in [2.05, 4.69) is 0 Å². The number of rotatable bonds is 2. The molecule has 0 saturated carbocycles. The summed E-state index contributed by atoms with van der Waals surface area (Å²) in [6.07, 6.45) is 0. The Labute approximate surface area is 113 Å². The number of phenols is 1. The van der Waals surface area contributed by atoms with Crippen LogP contribution in [0.4, 0.5) is 4.39 Å². The van der Waals surface area contributed by atoms with E-state index in [-0.39, 0.29) is 23.2 Å². The Balaban J connectivity index is 0.000000861. The number of methoxy groups -OCH3 is 1. The molecule has 2 nitrogen and oxygen atoms in total. The second kappa shape index (κ2) is 6.41. The van der Waals surface area contributed by atoms with Gasteiger partial charge in [-0.05, 0) is 35.1 Å². The van der Waals surface area contributed by atoms with E-state index in [1.807, 2.05) is 27.7 Å². The summed E-state index contributed by atoms with van der Waals surface area (Å²) in [5.74, 6) is 0.231. The van der Waals surface area contributed by atoms with E-state index in [1.54, 1.807) is 18.2 Å². The fourth-order valence-electron chi connectivity index (χ4n) is 2.08. The minimum atomic E-state index is -0.382. The smallest absolute Gasteiger partial charge is 0.165 e. The quantitative estimate of drug-likeness (QED) is 0.840. The molecular weight excluding hydrogens is 243 g/mol. The minimum absolute atomic E-state index is 0.181. The molecule has 0 bridgehead atoms. The van der Waals surface area contributed by atoms with Crippen molar-refractivity contribution in [2.24, 2.45) is 0 Å². The first-order valence-electron chi connectivity index (χ1n) is 6.53. The number of ether oxygens (including phenoxy) is 1. The Hall–Kier alpha value is -1.77. The zero-order valence-electron chi connectivity index (χ0n) is 12.1. The number of hydrogen-bond acceptors (Lipinski definition) is 2. The highest BCUT2D eigenvalue weighted by atomic mass is 19.1. The van der Waals surface area contributed by atoms with E-state index in [0.717, 1.165) is 16.3 Å². The van der Waals surface area contributed by atoms with Gasteiger partial charge in [0, 0.05) is 5.39 Å². The SMILES string of the molecule is CC.COc1c(F)ccc2cc(O)cc(C(C)C)c12. The number of benzene rings is 2. The molecule has 2 aromatic rings. The normalized spacial score (nSPS) is 10.3. The van der Waals surface area contributed by atoms with Gasteiger partial charge in [-0.3, -0.25) is 0 Å². The number of phenolic OH excluding ortho intramolecular Hbond substituents is 1. The first-order chi connectivity index (χ1) is 9.04. The lowest BCUT2D eigenvalue weighted by molar-refractivity contribution is 0.391. The molecule has 2 rings (SSSR count). The van der Waals surface area contributed by atoms with E-state index in [4.69, 9.17) is 4.74 Å². The van der Waals surface area contributed by atoms with E-state index in [9.17, 15) is 9.50 Å². The van der Waals surface area contributed by atoms with Crippen LogP contribution >= 0.6 is 0 Å². The molecule has 0 amide bonds. The lowest BCUT2D eigenvalue weighted by Gasteiger charge is -2.14. The fraction of sp³-hybridized carbons (Fsp3) is 0.375. The van der Waals surface area contributed by atoms with Crippen molar-refractivity contribution in [3.05, 3.63) is 35.6 Å². The van der Waals surface area contributed by atoms with Crippen LogP contribution in [0, 0.1) is 5.82 Å². The van der Waals surface area contributed by atoms with Gasteiger partial charge in [0.05, 0.1) is 7.11 Å². The van der Waals surface area contributed by atoms with Crippen molar-refractivity contribution in [3.63, 3.8) is 0 Å². The lowest BCUT2D eigenvalue weighted by Crippen LogP contribution is -1.95. The van der Waals surface area contributed by atoms with Crippen molar-refractivity contribution in [1.82, 2.24) is 0 Å². The molecule has 0 atom stereocenters. The Kier molecular flexibility index (Phi) is 5.16. The molecule has 0 aliphatic rings. The van der Waals surface area contributed by atoms with Gasteiger partial charge in [0.2, 0.25) is 0 Å². The van der Waals surface area contributed by atoms with Crippen molar-refractivity contribution in [1.29, 1.82) is 0 Å². The van der Waals surface area contributed by atoms with Crippen LogP contribution in [0.1, 0.15) is 39.2 Å². The van der Waals surface area contributed by atoms with Gasteiger partial charge >= 0.3 is 0 Å². The molecule has 0 fully saturated rings. The molecule has 2 aromatic carbocycles. The average molecular weight is 264 g/mol. The van der Waals surface area contributed by atoms with Gasteiger partial charge in [0.1, 0.15) is 5.75 Å². The van der Waals surface area contributed by atoms with Crippen LogP contribution in [0.2, 0.25) is 0 Å². The number of fused-ring (bicyclic) bond motifs is 1. The summed E-state index contributed by atoms with van der Waals surface area (Å²) in [6, 6.07) is 6.28. The summed E-state index contributed by atoms with van der Waals surface area (Å²) in [5, 5.41) is 11.2. The monoisotopic (exact) mass is 264 g/mol. The van der Waals surface area contributed by atoms with E-state index in [0.29, 0.717) is 0 Å². The second-order valence-electron chi connectivity index (χ2n) is 4.37. The van der Waals surface area contributed by atoms with Crippen LogP contribution in [0.5, 0.6) is 11.5 Å². The third kappa shape index (κ3) is 2.98. The maximum Gasteiger partial charge on any atom is 0.165 e. The predicted molar refractivity (Wildman–Crippen MR) is 77.6 cm³/mol. The molecule has 0 heterocycles. The lowest BCUT2D eigenvalue weighted by atomic mass is 9.95. The zero-order chi connectivity index (χ0) is 14.6. The largest absolute Gasteiger partial charge is 0.508 e. The second-order valence-corrected chi connectivity index (χ2v) is 4.37. The third-order valence-corrected chi connectivity index (χ3v) is 2.86. The zero-order valence-corrected chi connectivity index (χ0v) is 12.1. The summed E-state index contributed by atoms with van der Waals surface area (Å²) in [6.45, 7) is 8.00. The maximum absolute atomic E-state index is 13.7. The highest BCUT2D eigenvalue weighted by Gasteiger charge is 2.15. The minimum Gasteiger partial charge on any atom is -0.508 e. The molecule has 0 aromatic heterocycles. The van der Waals surface area contributed by atoms with Gasteiger partial charge in [0.25, 0.3) is 0 Å². The first-order valence-corrected chi connectivity index (χ1v) is 6.53. The van der Waals surface area contributed by atoms with Gasteiger partial charge in [-0.2, -0.15) is 0 Å². The van der Waals surface area contributed by atoms with E-state index >= 15 is 0 Å². The summed E-state index contributed by atoms with van der Waals surface area (Å²) < 4.78 is 18.8. The maximum atomic E-state index is 13.7. The summed E-state index contributed by atoms with van der Waals surface area (Å²) in [7, 11) is 1.45. The van der Waals surface area contributed by atoms with Crippen molar-refractivity contribution in [2.45, 2.75) is 33.6 Å². The molecule has 0 saturated heterocycles. The highest BCUT2D eigenvalue weighted by molar-refractivity contribution is 5.93. The van der Waals surface area contributed by atoms with E-state index < -0.39 is 0 Å². The molecule has 0 aliphatic heterocycles. The van der Waals surface area contributed by atoms with Crippen LogP contribution < -0.4 is 4.74 Å². The first kappa shape index (κ1) is 15.3. The molecule has 0 unspecified atom stereocenters. The predicted octanol–water partition coefficient (Wildman–Crippen LogP) is 4.84. The van der Waals surface area contributed by atoms with Crippen molar-refractivity contribution >= 4 is 10.8 Å².